The Balaban J connectivity index is 1.70. The first-order chi connectivity index (χ1) is 11.1. The maximum atomic E-state index is 12.8. The van der Waals surface area contributed by atoms with Gasteiger partial charge < -0.3 is 4.74 Å². The standard InChI is InChI=1S/C15H21ClN2O3S2/c16-14-4-2-1-3-13(14)15-5-6-17(9-12-22-15)23(19,20)18-7-10-21-11-8-18/h1-4,15H,5-12H2/t15-/m0/s1. The molecule has 2 aliphatic rings. The molecule has 128 valence electrons. The van der Waals surface area contributed by atoms with Crippen molar-refractivity contribution in [1.29, 1.82) is 0 Å². The second-order valence-electron chi connectivity index (χ2n) is 5.59. The van der Waals surface area contributed by atoms with Crippen LogP contribution in [0, 0.1) is 0 Å². The van der Waals surface area contributed by atoms with Gasteiger partial charge in [-0.3, -0.25) is 0 Å². The molecule has 1 aromatic rings. The molecule has 3 rings (SSSR count). The van der Waals surface area contributed by atoms with E-state index in [4.69, 9.17) is 16.3 Å². The van der Waals surface area contributed by atoms with Crippen LogP contribution in [-0.2, 0) is 14.9 Å². The Morgan fingerprint density at radius 2 is 1.78 bits per heavy atom. The summed E-state index contributed by atoms with van der Waals surface area (Å²) in [6, 6.07) is 7.83. The molecule has 2 fully saturated rings. The molecular formula is C15H21ClN2O3S2. The van der Waals surface area contributed by atoms with Crippen molar-refractivity contribution in [3.8, 4) is 0 Å². The van der Waals surface area contributed by atoms with Gasteiger partial charge in [0.2, 0.25) is 0 Å². The lowest BCUT2D eigenvalue weighted by Crippen LogP contribution is -2.49. The topological polar surface area (TPSA) is 49.9 Å². The van der Waals surface area contributed by atoms with Crippen LogP contribution < -0.4 is 0 Å². The Morgan fingerprint density at radius 1 is 1.09 bits per heavy atom. The van der Waals surface area contributed by atoms with Gasteiger partial charge in [0.05, 0.1) is 13.2 Å². The summed E-state index contributed by atoms with van der Waals surface area (Å²) in [4.78, 5) is 0. The molecule has 23 heavy (non-hydrogen) atoms. The van der Waals surface area contributed by atoms with E-state index in [9.17, 15) is 8.42 Å². The van der Waals surface area contributed by atoms with Gasteiger partial charge in [-0.05, 0) is 18.1 Å². The van der Waals surface area contributed by atoms with E-state index in [0.29, 0.717) is 39.4 Å². The lowest BCUT2D eigenvalue weighted by Gasteiger charge is -2.31. The zero-order valence-electron chi connectivity index (χ0n) is 12.9. The maximum Gasteiger partial charge on any atom is 0.282 e. The van der Waals surface area contributed by atoms with Crippen molar-refractivity contribution < 1.29 is 13.2 Å². The smallest absolute Gasteiger partial charge is 0.282 e. The summed E-state index contributed by atoms with van der Waals surface area (Å²) in [7, 11) is -3.38. The van der Waals surface area contributed by atoms with Crippen LogP contribution in [0.2, 0.25) is 5.02 Å². The van der Waals surface area contributed by atoms with Crippen molar-refractivity contribution in [1.82, 2.24) is 8.61 Å². The predicted molar refractivity (Wildman–Crippen MR) is 94.2 cm³/mol. The largest absolute Gasteiger partial charge is 0.379 e. The van der Waals surface area contributed by atoms with E-state index < -0.39 is 10.2 Å². The molecule has 0 N–H and O–H groups in total. The molecule has 0 spiro atoms. The van der Waals surface area contributed by atoms with Crippen LogP contribution >= 0.6 is 23.4 Å². The Hall–Kier alpha value is -0.310. The van der Waals surface area contributed by atoms with Gasteiger partial charge in [-0.1, -0.05) is 29.8 Å². The molecule has 5 nitrogen and oxygen atoms in total. The number of ether oxygens (including phenoxy) is 1. The van der Waals surface area contributed by atoms with E-state index in [0.717, 1.165) is 22.8 Å². The number of hydrogen-bond acceptors (Lipinski definition) is 4. The van der Waals surface area contributed by atoms with Crippen molar-refractivity contribution in [3.63, 3.8) is 0 Å². The zero-order chi connectivity index (χ0) is 16.3. The normalized spacial score (nSPS) is 25.2. The van der Waals surface area contributed by atoms with Crippen LogP contribution in [-0.4, -0.2) is 62.2 Å². The minimum absolute atomic E-state index is 0.244. The fourth-order valence-corrected chi connectivity index (χ4v) is 6.22. The minimum atomic E-state index is -3.38. The van der Waals surface area contributed by atoms with E-state index >= 15 is 0 Å². The molecule has 0 aromatic heterocycles. The summed E-state index contributed by atoms with van der Waals surface area (Å²) in [6.45, 7) is 2.92. The van der Waals surface area contributed by atoms with Crippen molar-refractivity contribution in [2.75, 3.05) is 45.1 Å². The molecular weight excluding hydrogens is 356 g/mol. The lowest BCUT2D eigenvalue weighted by molar-refractivity contribution is 0.0703. The van der Waals surface area contributed by atoms with Crippen LogP contribution in [0.15, 0.2) is 24.3 Å². The highest BCUT2D eigenvalue weighted by molar-refractivity contribution is 7.99. The van der Waals surface area contributed by atoms with Crippen LogP contribution in [0.5, 0.6) is 0 Å². The SMILES string of the molecule is O=S(=O)(N1CCOCC1)N1CCS[C@H](c2ccccc2Cl)CC1. The van der Waals surface area contributed by atoms with E-state index in [1.54, 1.807) is 16.1 Å². The van der Waals surface area contributed by atoms with Gasteiger partial charge in [-0.2, -0.15) is 28.8 Å². The van der Waals surface area contributed by atoms with Gasteiger partial charge >= 0.3 is 0 Å². The summed E-state index contributed by atoms with van der Waals surface area (Å²) in [5.74, 6) is 0.777. The van der Waals surface area contributed by atoms with Crippen molar-refractivity contribution in [2.45, 2.75) is 11.7 Å². The molecule has 2 aliphatic heterocycles. The third kappa shape index (κ3) is 4.03. The third-order valence-corrected chi connectivity index (χ3v) is 7.87. The third-order valence-electron chi connectivity index (χ3n) is 4.18. The number of benzene rings is 1. The van der Waals surface area contributed by atoms with Gasteiger partial charge in [0.15, 0.2) is 0 Å². The summed E-state index contributed by atoms with van der Waals surface area (Å²) >= 11 is 8.08. The fraction of sp³-hybridized carbons (Fsp3) is 0.600. The van der Waals surface area contributed by atoms with Gasteiger partial charge in [0.25, 0.3) is 10.2 Å². The quantitative estimate of drug-likeness (QED) is 0.812. The highest BCUT2D eigenvalue weighted by Crippen LogP contribution is 2.38. The average Bonchev–Trinajstić information content (AvgIpc) is 2.83. The summed E-state index contributed by atoms with van der Waals surface area (Å²) in [5, 5.41) is 1.00. The summed E-state index contributed by atoms with van der Waals surface area (Å²) in [6.07, 6.45) is 0.776. The molecule has 1 aromatic carbocycles. The molecule has 0 amide bonds. The minimum Gasteiger partial charge on any atom is -0.379 e. The number of thioether (sulfide) groups is 1. The Kier molecular flexibility index (Phi) is 5.87. The van der Waals surface area contributed by atoms with E-state index in [1.807, 2.05) is 24.3 Å². The molecule has 0 unspecified atom stereocenters. The number of morpholine rings is 1. The van der Waals surface area contributed by atoms with Crippen molar-refractivity contribution in [3.05, 3.63) is 34.9 Å². The Morgan fingerprint density at radius 3 is 2.52 bits per heavy atom. The van der Waals surface area contributed by atoms with Gasteiger partial charge in [0.1, 0.15) is 0 Å². The highest BCUT2D eigenvalue weighted by atomic mass is 35.5. The molecule has 0 radical (unpaired) electrons. The van der Waals surface area contributed by atoms with E-state index in [-0.39, 0.29) is 5.25 Å². The summed E-state index contributed by atoms with van der Waals surface area (Å²) in [5.41, 5.74) is 1.10. The van der Waals surface area contributed by atoms with Gasteiger partial charge in [-0.25, -0.2) is 0 Å². The van der Waals surface area contributed by atoms with E-state index in [1.165, 1.54) is 4.31 Å². The van der Waals surface area contributed by atoms with Gasteiger partial charge in [0, 0.05) is 42.2 Å². The second kappa shape index (κ2) is 7.72. The van der Waals surface area contributed by atoms with Crippen LogP contribution in [0.4, 0.5) is 0 Å². The molecule has 1 atom stereocenters. The summed E-state index contributed by atoms with van der Waals surface area (Å²) < 4.78 is 33.9. The maximum absolute atomic E-state index is 12.8. The predicted octanol–water partition coefficient (Wildman–Crippen LogP) is 2.40. The lowest BCUT2D eigenvalue weighted by atomic mass is 10.1. The first-order valence-corrected chi connectivity index (χ1v) is 10.6. The van der Waals surface area contributed by atoms with Gasteiger partial charge in [-0.15, -0.1) is 0 Å². The molecule has 0 saturated carbocycles. The molecule has 8 heteroatoms. The number of hydrogen-bond donors (Lipinski definition) is 0. The monoisotopic (exact) mass is 376 g/mol. The first kappa shape index (κ1) is 17.5. The first-order valence-electron chi connectivity index (χ1n) is 7.78. The van der Waals surface area contributed by atoms with Crippen molar-refractivity contribution in [2.24, 2.45) is 0 Å². The van der Waals surface area contributed by atoms with Crippen LogP contribution in [0.1, 0.15) is 17.2 Å². The fourth-order valence-electron chi connectivity index (χ4n) is 2.91. The number of rotatable bonds is 3. The molecule has 0 aliphatic carbocycles. The van der Waals surface area contributed by atoms with Crippen molar-refractivity contribution >= 4 is 33.6 Å². The van der Waals surface area contributed by atoms with E-state index in [2.05, 4.69) is 0 Å². The molecule has 0 bridgehead atoms. The van der Waals surface area contributed by atoms with Crippen LogP contribution in [0.25, 0.3) is 0 Å². The second-order valence-corrected chi connectivity index (χ2v) is 9.23. The zero-order valence-corrected chi connectivity index (χ0v) is 15.2. The van der Waals surface area contributed by atoms with Crippen LogP contribution in [0.3, 0.4) is 0 Å². The molecule has 2 heterocycles. The number of nitrogens with zero attached hydrogens (tertiary/aromatic N) is 2. The average molecular weight is 377 g/mol. The Bertz CT molecular complexity index is 635. The molecule has 2 saturated heterocycles. The Labute approximate surface area is 147 Å². The highest BCUT2D eigenvalue weighted by Gasteiger charge is 2.33. The number of halogens is 1.